The number of likely N-dealkylation sites (tertiary alicyclic amines) is 1. The van der Waals surface area contributed by atoms with Crippen LogP contribution in [0.25, 0.3) is 0 Å². The molecule has 3 heteroatoms. The van der Waals surface area contributed by atoms with Crippen LogP contribution in [0.15, 0.2) is 0 Å². The van der Waals surface area contributed by atoms with Gasteiger partial charge in [0, 0.05) is 19.7 Å². The van der Waals surface area contributed by atoms with E-state index in [1.807, 2.05) is 0 Å². The van der Waals surface area contributed by atoms with Crippen molar-refractivity contribution >= 4 is 0 Å². The zero-order valence-corrected chi connectivity index (χ0v) is 10.6. The first kappa shape index (κ1) is 12.3. The quantitative estimate of drug-likeness (QED) is 0.783. The lowest BCUT2D eigenvalue weighted by Crippen LogP contribution is -2.42. The van der Waals surface area contributed by atoms with Gasteiger partial charge in [0.2, 0.25) is 0 Å². The maximum absolute atomic E-state index is 5.56. The van der Waals surface area contributed by atoms with Gasteiger partial charge in [-0.3, -0.25) is 0 Å². The standard InChI is InChI=1S/C13H26N2O/c1-14-8-12-4-2-6-15(9-12)10-13-5-3-7-16-11-13/h12-14H,2-11H2,1H3. The minimum Gasteiger partial charge on any atom is -0.381 e. The summed E-state index contributed by atoms with van der Waals surface area (Å²) in [6.07, 6.45) is 5.41. The Labute approximate surface area is 99.5 Å². The van der Waals surface area contributed by atoms with Gasteiger partial charge in [-0.05, 0) is 57.7 Å². The third-order valence-electron chi connectivity index (χ3n) is 3.87. The molecule has 94 valence electrons. The molecular formula is C13H26N2O. The van der Waals surface area contributed by atoms with Crippen molar-refractivity contribution < 1.29 is 4.74 Å². The van der Waals surface area contributed by atoms with E-state index in [9.17, 15) is 0 Å². The van der Waals surface area contributed by atoms with Crippen molar-refractivity contribution in [2.45, 2.75) is 25.7 Å². The largest absolute Gasteiger partial charge is 0.381 e. The van der Waals surface area contributed by atoms with E-state index >= 15 is 0 Å². The maximum Gasteiger partial charge on any atom is 0.0506 e. The maximum atomic E-state index is 5.56. The lowest BCUT2D eigenvalue weighted by Gasteiger charge is -2.35. The molecule has 0 aromatic carbocycles. The van der Waals surface area contributed by atoms with Crippen LogP contribution in [0.4, 0.5) is 0 Å². The summed E-state index contributed by atoms with van der Waals surface area (Å²) < 4.78 is 5.56. The molecule has 2 unspecified atom stereocenters. The summed E-state index contributed by atoms with van der Waals surface area (Å²) >= 11 is 0. The molecule has 3 nitrogen and oxygen atoms in total. The van der Waals surface area contributed by atoms with Crippen molar-refractivity contribution in [3.8, 4) is 0 Å². The molecule has 0 amide bonds. The summed E-state index contributed by atoms with van der Waals surface area (Å²) in [5, 5.41) is 3.31. The Bertz CT molecular complexity index is 190. The molecule has 1 N–H and O–H groups in total. The van der Waals surface area contributed by atoms with Gasteiger partial charge in [-0.25, -0.2) is 0 Å². The van der Waals surface area contributed by atoms with Gasteiger partial charge >= 0.3 is 0 Å². The Kier molecular flexibility index (Phi) is 5.07. The Morgan fingerprint density at radius 1 is 1.25 bits per heavy atom. The van der Waals surface area contributed by atoms with Gasteiger partial charge in [-0.1, -0.05) is 0 Å². The molecule has 0 bridgehead atoms. The Balaban J connectivity index is 1.71. The van der Waals surface area contributed by atoms with Crippen LogP contribution in [0.3, 0.4) is 0 Å². The summed E-state index contributed by atoms with van der Waals surface area (Å²) in [7, 11) is 2.06. The van der Waals surface area contributed by atoms with Crippen molar-refractivity contribution in [2.75, 3.05) is 46.4 Å². The van der Waals surface area contributed by atoms with Crippen LogP contribution < -0.4 is 5.32 Å². The van der Waals surface area contributed by atoms with Crippen molar-refractivity contribution in [1.29, 1.82) is 0 Å². The van der Waals surface area contributed by atoms with E-state index in [2.05, 4.69) is 17.3 Å². The first-order valence-electron chi connectivity index (χ1n) is 6.83. The van der Waals surface area contributed by atoms with Crippen LogP contribution in [-0.2, 0) is 4.74 Å². The summed E-state index contributed by atoms with van der Waals surface area (Å²) in [6.45, 7) is 7.01. The summed E-state index contributed by atoms with van der Waals surface area (Å²) in [5.41, 5.74) is 0. The highest BCUT2D eigenvalue weighted by atomic mass is 16.5. The molecule has 2 atom stereocenters. The lowest BCUT2D eigenvalue weighted by molar-refractivity contribution is 0.0312. The second-order valence-electron chi connectivity index (χ2n) is 5.41. The van der Waals surface area contributed by atoms with Gasteiger partial charge in [0.05, 0.1) is 6.61 Å². The molecule has 0 saturated carbocycles. The zero-order chi connectivity index (χ0) is 11.2. The van der Waals surface area contributed by atoms with Gasteiger partial charge < -0.3 is 15.0 Å². The van der Waals surface area contributed by atoms with Crippen LogP contribution in [0.2, 0.25) is 0 Å². The van der Waals surface area contributed by atoms with E-state index in [0.29, 0.717) is 0 Å². The Morgan fingerprint density at radius 3 is 2.88 bits per heavy atom. The first-order valence-corrected chi connectivity index (χ1v) is 6.83. The second-order valence-corrected chi connectivity index (χ2v) is 5.41. The number of ether oxygens (including phenoxy) is 1. The number of piperidine rings is 1. The monoisotopic (exact) mass is 226 g/mol. The second kappa shape index (κ2) is 6.58. The minimum atomic E-state index is 0.794. The number of hydrogen-bond donors (Lipinski definition) is 1. The van der Waals surface area contributed by atoms with Crippen molar-refractivity contribution in [2.24, 2.45) is 11.8 Å². The summed E-state index contributed by atoms with van der Waals surface area (Å²) in [6, 6.07) is 0. The van der Waals surface area contributed by atoms with Gasteiger partial charge in [0.1, 0.15) is 0 Å². The Hall–Kier alpha value is -0.120. The topological polar surface area (TPSA) is 24.5 Å². The molecule has 0 aromatic heterocycles. The zero-order valence-electron chi connectivity index (χ0n) is 10.6. The molecule has 2 rings (SSSR count). The van der Waals surface area contributed by atoms with E-state index in [1.54, 1.807) is 0 Å². The third-order valence-corrected chi connectivity index (χ3v) is 3.87. The average molecular weight is 226 g/mol. The van der Waals surface area contributed by atoms with Crippen LogP contribution >= 0.6 is 0 Å². The number of rotatable bonds is 4. The Morgan fingerprint density at radius 2 is 2.12 bits per heavy atom. The molecule has 2 fully saturated rings. The van der Waals surface area contributed by atoms with Gasteiger partial charge in [-0.2, -0.15) is 0 Å². The van der Waals surface area contributed by atoms with Crippen LogP contribution in [0, 0.1) is 11.8 Å². The van der Waals surface area contributed by atoms with Gasteiger partial charge in [-0.15, -0.1) is 0 Å². The highest BCUT2D eigenvalue weighted by Gasteiger charge is 2.23. The highest BCUT2D eigenvalue weighted by Crippen LogP contribution is 2.20. The highest BCUT2D eigenvalue weighted by molar-refractivity contribution is 4.77. The van der Waals surface area contributed by atoms with Crippen LogP contribution in [0.1, 0.15) is 25.7 Å². The first-order chi connectivity index (χ1) is 7.88. The van der Waals surface area contributed by atoms with Crippen molar-refractivity contribution in [3.05, 3.63) is 0 Å². The van der Waals surface area contributed by atoms with Crippen molar-refractivity contribution in [1.82, 2.24) is 10.2 Å². The lowest BCUT2D eigenvalue weighted by atomic mass is 9.95. The third kappa shape index (κ3) is 3.72. The van der Waals surface area contributed by atoms with Crippen LogP contribution in [-0.4, -0.2) is 51.3 Å². The molecule has 0 aliphatic carbocycles. The molecular weight excluding hydrogens is 200 g/mol. The van der Waals surface area contributed by atoms with E-state index < -0.39 is 0 Å². The fourth-order valence-corrected chi connectivity index (χ4v) is 3.09. The molecule has 2 aliphatic heterocycles. The fourth-order valence-electron chi connectivity index (χ4n) is 3.09. The van der Waals surface area contributed by atoms with E-state index in [4.69, 9.17) is 4.74 Å². The number of hydrogen-bond acceptors (Lipinski definition) is 3. The predicted octanol–water partition coefficient (Wildman–Crippen LogP) is 1.34. The normalized spacial score (nSPS) is 32.8. The molecule has 2 saturated heterocycles. The predicted molar refractivity (Wildman–Crippen MR) is 66.6 cm³/mol. The average Bonchev–Trinajstić information content (AvgIpc) is 2.31. The number of nitrogens with one attached hydrogen (secondary N) is 1. The van der Waals surface area contributed by atoms with E-state index in [-0.39, 0.29) is 0 Å². The number of nitrogens with zero attached hydrogens (tertiary/aromatic N) is 1. The smallest absolute Gasteiger partial charge is 0.0506 e. The van der Waals surface area contributed by atoms with Gasteiger partial charge in [0.25, 0.3) is 0 Å². The molecule has 2 heterocycles. The van der Waals surface area contributed by atoms with Crippen LogP contribution in [0.5, 0.6) is 0 Å². The minimum absolute atomic E-state index is 0.794. The van der Waals surface area contributed by atoms with Gasteiger partial charge in [0.15, 0.2) is 0 Å². The molecule has 0 spiro atoms. The summed E-state index contributed by atoms with van der Waals surface area (Å²) in [5.74, 6) is 1.66. The van der Waals surface area contributed by atoms with Crippen molar-refractivity contribution in [3.63, 3.8) is 0 Å². The molecule has 2 aliphatic rings. The molecule has 0 radical (unpaired) electrons. The SMILES string of the molecule is CNCC1CCCN(CC2CCCOC2)C1. The molecule has 0 aromatic rings. The van der Waals surface area contributed by atoms with E-state index in [1.165, 1.54) is 51.9 Å². The van der Waals surface area contributed by atoms with E-state index in [0.717, 1.165) is 25.0 Å². The summed E-state index contributed by atoms with van der Waals surface area (Å²) in [4.78, 5) is 2.66. The molecule has 16 heavy (non-hydrogen) atoms. The fraction of sp³-hybridized carbons (Fsp3) is 1.00.